The van der Waals surface area contributed by atoms with E-state index in [0.29, 0.717) is 18.0 Å². The minimum atomic E-state index is -0.132. The molecule has 2 aliphatic rings. The number of methoxy groups -OCH3 is 1. The molecule has 5 nitrogen and oxygen atoms in total. The summed E-state index contributed by atoms with van der Waals surface area (Å²) in [7, 11) is 1.65. The van der Waals surface area contributed by atoms with E-state index >= 15 is 0 Å². The topological polar surface area (TPSA) is 45.1 Å². The van der Waals surface area contributed by atoms with Gasteiger partial charge in [-0.15, -0.1) is 0 Å². The molecule has 2 aromatic carbocycles. The lowest BCUT2D eigenvalue weighted by atomic mass is 9.98. The van der Waals surface area contributed by atoms with E-state index in [9.17, 15) is 4.79 Å². The monoisotopic (exact) mass is 397 g/mol. The van der Waals surface area contributed by atoms with Crippen LogP contribution in [0.25, 0.3) is 0 Å². The zero-order valence-corrected chi connectivity index (χ0v) is 16.7. The lowest BCUT2D eigenvalue weighted by Crippen LogP contribution is -2.36. The van der Waals surface area contributed by atoms with E-state index < -0.39 is 0 Å². The summed E-state index contributed by atoms with van der Waals surface area (Å²) in [5.74, 6) is 0.802. The van der Waals surface area contributed by atoms with Gasteiger partial charge in [-0.25, -0.2) is 5.01 Å². The number of halogens is 1. The summed E-state index contributed by atoms with van der Waals surface area (Å²) in [4.78, 5) is 15.3. The van der Waals surface area contributed by atoms with E-state index in [4.69, 9.17) is 21.4 Å². The zero-order valence-electron chi connectivity index (χ0n) is 16.0. The molecule has 1 fully saturated rings. The molecule has 0 spiro atoms. The van der Waals surface area contributed by atoms with Crippen molar-refractivity contribution in [2.24, 2.45) is 5.10 Å². The summed E-state index contributed by atoms with van der Waals surface area (Å²) in [5.41, 5.74) is 2.83. The summed E-state index contributed by atoms with van der Waals surface area (Å²) in [6.45, 7) is 2.37. The average Bonchev–Trinajstić information content (AvgIpc) is 3.38. The van der Waals surface area contributed by atoms with Crippen molar-refractivity contribution in [1.29, 1.82) is 0 Å². The number of para-hydroxylation sites is 1. The molecule has 0 N–H and O–H groups in total. The minimum Gasteiger partial charge on any atom is -0.496 e. The van der Waals surface area contributed by atoms with Crippen LogP contribution < -0.4 is 4.74 Å². The Bertz CT molecular complexity index is 876. The second-order valence-corrected chi connectivity index (χ2v) is 7.68. The molecule has 0 aliphatic carbocycles. The molecule has 1 amide bonds. The Labute approximate surface area is 170 Å². The number of likely N-dealkylation sites (tertiary alicyclic amines) is 1. The third-order valence-electron chi connectivity index (χ3n) is 5.40. The number of hydrazone groups is 1. The van der Waals surface area contributed by atoms with Crippen molar-refractivity contribution in [3.8, 4) is 5.75 Å². The van der Waals surface area contributed by atoms with Crippen molar-refractivity contribution < 1.29 is 9.53 Å². The normalized spacial score (nSPS) is 19.7. The van der Waals surface area contributed by atoms with Gasteiger partial charge in [0, 0.05) is 17.0 Å². The number of ether oxygens (including phenoxy) is 1. The van der Waals surface area contributed by atoms with Gasteiger partial charge in [0.25, 0.3) is 5.91 Å². The highest BCUT2D eigenvalue weighted by Crippen LogP contribution is 2.35. The van der Waals surface area contributed by atoms with Crippen LogP contribution in [0.5, 0.6) is 5.75 Å². The van der Waals surface area contributed by atoms with Crippen LogP contribution in [-0.2, 0) is 4.79 Å². The number of nitrogens with zero attached hydrogens (tertiary/aromatic N) is 3. The Hall–Kier alpha value is -2.37. The van der Waals surface area contributed by atoms with Gasteiger partial charge >= 0.3 is 0 Å². The molecule has 4 rings (SSSR count). The molecular formula is C22H24ClN3O2. The highest BCUT2D eigenvalue weighted by Gasteiger charge is 2.34. The summed E-state index contributed by atoms with van der Waals surface area (Å²) < 4.78 is 5.51. The molecule has 1 saturated heterocycles. The van der Waals surface area contributed by atoms with Gasteiger partial charge in [0.2, 0.25) is 0 Å². The summed E-state index contributed by atoms with van der Waals surface area (Å²) in [6, 6.07) is 15.4. The summed E-state index contributed by atoms with van der Waals surface area (Å²) >= 11 is 6.06. The number of carbonyl (C=O) groups excluding carboxylic acids is 1. The number of benzene rings is 2. The van der Waals surface area contributed by atoms with E-state index in [1.54, 1.807) is 12.1 Å². The highest BCUT2D eigenvalue weighted by molar-refractivity contribution is 6.30. The maximum Gasteiger partial charge on any atom is 0.257 e. The lowest BCUT2D eigenvalue weighted by molar-refractivity contribution is -0.134. The summed E-state index contributed by atoms with van der Waals surface area (Å²) in [5, 5.41) is 7.09. The Kier molecular flexibility index (Phi) is 5.64. The van der Waals surface area contributed by atoms with Crippen molar-refractivity contribution in [2.45, 2.75) is 25.3 Å². The average molecular weight is 398 g/mol. The molecule has 28 heavy (non-hydrogen) atoms. The number of hydrogen-bond acceptors (Lipinski definition) is 4. The molecule has 0 aromatic heterocycles. The van der Waals surface area contributed by atoms with Crippen LogP contribution in [0.15, 0.2) is 53.6 Å². The smallest absolute Gasteiger partial charge is 0.257 e. The van der Waals surface area contributed by atoms with Crippen LogP contribution >= 0.6 is 11.6 Å². The van der Waals surface area contributed by atoms with Crippen molar-refractivity contribution in [2.75, 3.05) is 26.7 Å². The molecule has 2 heterocycles. The number of carbonyl (C=O) groups is 1. The first-order valence-electron chi connectivity index (χ1n) is 9.66. The second-order valence-electron chi connectivity index (χ2n) is 7.24. The summed E-state index contributed by atoms with van der Waals surface area (Å²) in [6.07, 6.45) is 2.96. The van der Waals surface area contributed by atoms with Gasteiger partial charge < -0.3 is 4.74 Å². The Balaban J connectivity index is 1.65. The highest BCUT2D eigenvalue weighted by atomic mass is 35.5. The number of amides is 1. The molecule has 0 saturated carbocycles. The molecule has 0 radical (unpaired) electrons. The van der Waals surface area contributed by atoms with Crippen LogP contribution in [0.1, 0.15) is 36.4 Å². The number of rotatable bonds is 5. The Morgan fingerprint density at radius 3 is 2.57 bits per heavy atom. The first kappa shape index (κ1) is 19.0. The first-order valence-corrected chi connectivity index (χ1v) is 10.0. The zero-order chi connectivity index (χ0) is 19.5. The molecular weight excluding hydrogens is 374 g/mol. The van der Waals surface area contributed by atoms with Gasteiger partial charge in [-0.2, -0.15) is 5.10 Å². The quantitative estimate of drug-likeness (QED) is 0.762. The molecule has 2 aliphatic heterocycles. The third kappa shape index (κ3) is 3.91. The van der Waals surface area contributed by atoms with Crippen molar-refractivity contribution >= 4 is 23.2 Å². The lowest BCUT2D eigenvalue weighted by Gasteiger charge is -2.24. The van der Waals surface area contributed by atoms with E-state index in [0.717, 1.165) is 48.5 Å². The fraction of sp³-hybridized carbons (Fsp3) is 0.364. The van der Waals surface area contributed by atoms with Gasteiger partial charge in [0.15, 0.2) is 0 Å². The van der Waals surface area contributed by atoms with Gasteiger partial charge in [-0.1, -0.05) is 35.9 Å². The van der Waals surface area contributed by atoms with Gasteiger partial charge in [-0.3, -0.25) is 9.69 Å². The van der Waals surface area contributed by atoms with Crippen molar-refractivity contribution in [3.63, 3.8) is 0 Å². The Morgan fingerprint density at radius 2 is 1.86 bits per heavy atom. The molecule has 146 valence electrons. The molecule has 1 atom stereocenters. The van der Waals surface area contributed by atoms with E-state index in [-0.39, 0.29) is 11.9 Å². The SMILES string of the molecule is COc1ccccc1C1=NN(C(=O)CN2CCCC2)C(c2ccc(Cl)cc2)C1. The number of hydrogen-bond donors (Lipinski definition) is 0. The van der Waals surface area contributed by atoms with Gasteiger partial charge in [0.05, 0.1) is 25.4 Å². The predicted octanol–water partition coefficient (Wildman–Crippen LogP) is 4.12. The molecule has 6 heteroatoms. The van der Waals surface area contributed by atoms with Gasteiger partial charge in [0.1, 0.15) is 5.75 Å². The van der Waals surface area contributed by atoms with E-state index in [1.165, 1.54) is 0 Å². The van der Waals surface area contributed by atoms with Crippen LogP contribution in [0.2, 0.25) is 5.02 Å². The predicted molar refractivity (Wildman–Crippen MR) is 111 cm³/mol. The maximum atomic E-state index is 13.1. The first-order chi connectivity index (χ1) is 13.7. The largest absolute Gasteiger partial charge is 0.496 e. The minimum absolute atomic E-state index is 0.0340. The van der Waals surface area contributed by atoms with E-state index in [2.05, 4.69) is 4.90 Å². The fourth-order valence-electron chi connectivity index (χ4n) is 3.94. The second kappa shape index (κ2) is 8.33. The fourth-order valence-corrected chi connectivity index (χ4v) is 4.06. The van der Waals surface area contributed by atoms with Crippen LogP contribution in [-0.4, -0.2) is 48.3 Å². The van der Waals surface area contributed by atoms with Crippen LogP contribution in [0.3, 0.4) is 0 Å². The maximum absolute atomic E-state index is 13.1. The molecule has 1 unspecified atom stereocenters. The van der Waals surface area contributed by atoms with Crippen molar-refractivity contribution in [1.82, 2.24) is 9.91 Å². The standard InChI is InChI=1S/C22H24ClN3O2/c1-28-21-7-3-2-6-18(21)19-14-20(16-8-10-17(23)11-9-16)26(24-19)22(27)15-25-12-4-5-13-25/h2-3,6-11,20H,4-5,12-15H2,1H3. The molecule has 0 bridgehead atoms. The van der Waals surface area contributed by atoms with Crippen LogP contribution in [0.4, 0.5) is 0 Å². The van der Waals surface area contributed by atoms with E-state index in [1.807, 2.05) is 48.5 Å². The molecule has 2 aromatic rings. The van der Waals surface area contributed by atoms with Gasteiger partial charge in [-0.05, 0) is 55.8 Å². The van der Waals surface area contributed by atoms with Crippen molar-refractivity contribution in [3.05, 3.63) is 64.7 Å². The third-order valence-corrected chi connectivity index (χ3v) is 5.65. The Morgan fingerprint density at radius 1 is 1.14 bits per heavy atom. The van der Waals surface area contributed by atoms with Crippen LogP contribution in [0, 0.1) is 0 Å².